The van der Waals surface area contributed by atoms with Crippen LogP contribution in [0.3, 0.4) is 0 Å². The van der Waals surface area contributed by atoms with Gasteiger partial charge in [0.05, 0.1) is 11.5 Å². The average molecular weight is 691 g/mol. The molecule has 0 aromatic heterocycles. The van der Waals surface area contributed by atoms with Gasteiger partial charge < -0.3 is 10.1 Å². The van der Waals surface area contributed by atoms with E-state index in [0.29, 0.717) is 0 Å². The Morgan fingerprint density at radius 3 is 1.74 bits per heavy atom. The molecule has 54 heavy (non-hydrogen) atoms. The van der Waals surface area contributed by atoms with Crippen LogP contribution in [-0.4, -0.2) is 5.84 Å². The van der Waals surface area contributed by atoms with E-state index >= 15 is 0 Å². The molecule has 0 bridgehead atoms. The van der Waals surface area contributed by atoms with Gasteiger partial charge in [-0.15, -0.1) is 0 Å². The van der Waals surface area contributed by atoms with E-state index in [0.717, 1.165) is 39.7 Å². The van der Waals surface area contributed by atoms with Crippen molar-refractivity contribution in [3.8, 4) is 33.8 Å². The predicted molar refractivity (Wildman–Crippen MR) is 220 cm³/mol. The van der Waals surface area contributed by atoms with Crippen LogP contribution in [0, 0.1) is 0 Å². The summed E-state index contributed by atoms with van der Waals surface area (Å²) in [5, 5.41) is 6.14. The number of amidine groups is 1. The third kappa shape index (κ3) is 4.65. The minimum absolute atomic E-state index is 0.0891. The van der Waals surface area contributed by atoms with Crippen molar-refractivity contribution in [3.63, 3.8) is 0 Å². The fraction of sp³-hybridized carbons (Fsp3) is 0.0392. The Balaban J connectivity index is 1.05. The number of rotatable bonds is 4. The third-order valence-electron chi connectivity index (χ3n) is 11.4. The lowest BCUT2D eigenvalue weighted by Crippen LogP contribution is -2.32. The number of hydrogen-bond acceptors (Lipinski definition) is 3. The second kappa shape index (κ2) is 12.0. The van der Waals surface area contributed by atoms with Gasteiger partial charge in [-0.1, -0.05) is 158 Å². The smallest absolute Gasteiger partial charge is 0.133 e. The van der Waals surface area contributed by atoms with Gasteiger partial charge in [-0.25, -0.2) is 0 Å². The molecule has 8 aromatic rings. The molecule has 0 radical (unpaired) electrons. The van der Waals surface area contributed by atoms with Crippen LogP contribution in [0.1, 0.15) is 45.0 Å². The fourth-order valence-electron chi connectivity index (χ4n) is 8.87. The van der Waals surface area contributed by atoms with Crippen LogP contribution in [0.25, 0.3) is 38.7 Å². The van der Waals surface area contributed by atoms with E-state index in [1.807, 2.05) is 0 Å². The average Bonchev–Trinajstić information content (AvgIpc) is 3.52. The van der Waals surface area contributed by atoms with Crippen molar-refractivity contribution in [2.75, 3.05) is 0 Å². The zero-order valence-corrected chi connectivity index (χ0v) is 29.4. The Labute approximate surface area is 314 Å². The van der Waals surface area contributed by atoms with Crippen LogP contribution in [0.4, 0.5) is 0 Å². The van der Waals surface area contributed by atoms with Crippen molar-refractivity contribution in [3.05, 3.63) is 233 Å². The Morgan fingerprint density at radius 1 is 0.444 bits per heavy atom. The quantitative estimate of drug-likeness (QED) is 0.199. The minimum atomic E-state index is -0.538. The standard InChI is InChI=1S/C51H34N2O/c1-3-13-34(14-4-1)46-32-47(35-15-5-2-6-16-35)53-50(52-46)36-25-23-33(24-26-36)39-27-28-40-41-29-37-17-7-8-18-38(37)30-45(41)51(44(40)31-39)42-19-9-11-21-48(42)54-49-22-12-10-20-43(49)51/h1-32,46H,(H,52,53). The van der Waals surface area contributed by atoms with Crippen molar-refractivity contribution in [2.24, 2.45) is 4.99 Å². The SMILES string of the molecule is C1=C(c2ccccc2)NC(c2ccc(-c3ccc4c(c3)C3(c5ccccc5Oc5ccccc53)c3cc5ccccc5cc3-4)cc2)=NC1c1ccccc1. The summed E-state index contributed by atoms with van der Waals surface area (Å²) in [6, 6.07) is 67.4. The molecule has 0 fully saturated rings. The number of benzene rings is 8. The molecule has 3 heteroatoms. The molecular weight excluding hydrogens is 657 g/mol. The lowest BCUT2D eigenvalue weighted by molar-refractivity contribution is 0.436. The van der Waals surface area contributed by atoms with Gasteiger partial charge in [-0.2, -0.15) is 0 Å². The topological polar surface area (TPSA) is 33.6 Å². The molecule has 1 aliphatic carbocycles. The summed E-state index contributed by atoms with van der Waals surface area (Å²) in [5.41, 5.74) is 13.6. The van der Waals surface area contributed by atoms with Gasteiger partial charge >= 0.3 is 0 Å². The highest BCUT2D eigenvalue weighted by atomic mass is 16.5. The Morgan fingerprint density at radius 2 is 1.02 bits per heavy atom. The molecule has 254 valence electrons. The largest absolute Gasteiger partial charge is 0.457 e. The first-order valence-electron chi connectivity index (χ1n) is 18.6. The molecule has 1 spiro atoms. The minimum Gasteiger partial charge on any atom is -0.457 e. The molecule has 1 unspecified atom stereocenters. The van der Waals surface area contributed by atoms with Crippen molar-refractivity contribution in [1.82, 2.24) is 5.32 Å². The van der Waals surface area contributed by atoms with Gasteiger partial charge in [-0.05, 0) is 91.7 Å². The maximum atomic E-state index is 6.62. The van der Waals surface area contributed by atoms with Gasteiger partial charge in [0.25, 0.3) is 0 Å². The summed E-state index contributed by atoms with van der Waals surface area (Å²) in [6.45, 7) is 0. The van der Waals surface area contributed by atoms with E-state index < -0.39 is 5.41 Å². The monoisotopic (exact) mass is 690 g/mol. The van der Waals surface area contributed by atoms with Crippen LogP contribution in [0.15, 0.2) is 199 Å². The Kier molecular flexibility index (Phi) is 6.83. The highest BCUT2D eigenvalue weighted by molar-refractivity contribution is 6.05. The summed E-state index contributed by atoms with van der Waals surface area (Å²) in [7, 11) is 0. The number of hydrogen-bond donors (Lipinski definition) is 1. The molecule has 11 rings (SSSR count). The Bertz CT molecular complexity index is 2770. The lowest BCUT2D eigenvalue weighted by Gasteiger charge is -2.39. The molecule has 2 aliphatic heterocycles. The zero-order valence-electron chi connectivity index (χ0n) is 29.4. The van der Waals surface area contributed by atoms with Crippen LogP contribution in [-0.2, 0) is 5.41 Å². The molecule has 0 saturated heterocycles. The highest BCUT2D eigenvalue weighted by Gasteiger charge is 2.51. The molecule has 0 saturated carbocycles. The third-order valence-corrected chi connectivity index (χ3v) is 11.4. The van der Waals surface area contributed by atoms with Gasteiger partial charge in [-0.3, -0.25) is 4.99 Å². The first kappa shape index (κ1) is 30.6. The van der Waals surface area contributed by atoms with Gasteiger partial charge in [0.15, 0.2) is 0 Å². The van der Waals surface area contributed by atoms with E-state index in [1.54, 1.807) is 0 Å². The van der Waals surface area contributed by atoms with Crippen molar-refractivity contribution in [2.45, 2.75) is 11.5 Å². The zero-order chi connectivity index (χ0) is 35.6. The second-order valence-corrected chi connectivity index (χ2v) is 14.3. The number of aliphatic imine (C=N–C) groups is 1. The molecule has 1 atom stereocenters. The van der Waals surface area contributed by atoms with Gasteiger partial charge in [0.2, 0.25) is 0 Å². The Hall–Kier alpha value is -6.97. The first-order valence-corrected chi connectivity index (χ1v) is 18.6. The van der Waals surface area contributed by atoms with E-state index in [-0.39, 0.29) is 6.04 Å². The van der Waals surface area contributed by atoms with Gasteiger partial charge in [0, 0.05) is 22.4 Å². The maximum absolute atomic E-state index is 6.62. The molecule has 2 heterocycles. The molecule has 3 aliphatic rings. The number of nitrogens with one attached hydrogen (secondary N) is 1. The number of fused-ring (bicyclic) bond motifs is 10. The summed E-state index contributed by atoms with van der Waals surface area (Å²) in [6.07, 6.45) is 2.22. The summed E-state index contributed by atoms with van der Waals surface area (Å²) in [5.74, 6) is 2.66. The lowest BCUT2D eigenvalue weighted by atomic mass is 9.65. The van der Waals surface area contributed by atoms with E-state index in [9.17, 15) is 0 Å². The van der Waals surface area contributed by atoms with E-state index in [2.05, 4.69) is 199 Å². The van der Waals surface area contributed by atoms with Crippen LogP contribution in [0.2, 0.25) is 0 Å². The summed E-state index contributed by atoms with van der Waals surface area (Å²) >= 11 is 0. The molecule has 8 aromatic carbocycles. The first-order chi connectivity index (χ1) is 26.7. The normalized spacial score (nSPS) is 15.9. The number of ether oxygens (including phenoxy) is 1. The van der Waals surface area contributed by atoms with Crippen LogP contribution < -0.4 is 10.1 Å². The number of para-hydroxylation sites is 2. The highest BCUT2D eigenvalue weighted by Crippen LogP contribution is 2.62. The second-order valence-electron chi connectivity index (χ2n) is 14.3. The van der Waals surface area contributed by atoms with Crippen molar-refractivity contribution >= 4 is 22.3 Å². The fourth-order valence-corrected chi connectivity index (χ4v) is 8.87. The van der Waals surface area contributed by atoms with Crippen molar-refractivity contribution < 1.29 is 4.74 Å². The summed E-state index contributed by atoms with van der Waals surface area (Å²) in [4.78, 5) is 5.21. The van der Waals surface area contributed by atoms with Gasteiger partial charge in [0.1, 0.15) is 17.3 Å². The predicted octanol–water partition coefficient (Wildman–Crippen LogP) is 12.1. The number of nitrogens with zero attached hydrogens (tertiary/aromatic N) is 1. The van der Waals surface area contributed by atoms with Crippen molar-refractivity contribution in [1.29, 1.82) is 0 Å². The maximum Gasteiger partial charge on any atom is 0.133 e. The van der Waals surface area contributed by atoms with Crippen LogP contribution >= 0.6 is 0 Å². The molecule has 0 amide bonds. The molecule has 3 nitrogen and oxygen atoms in total. The van der Waals surface area contributed by atoms with E-state index in [1.165, 1.54) is 55.3 Å². The summed E-state index contributed by atoms with van der Waals surface area (Å²) < 4.78 is 6.62. The molecule has 1 N–H and O–H groups in total. The van der Waals surface area contributed by atoms with E-state index in [4.69, 9.17) is 9.73 Å². The van der Waals surface area contributed by atoms with Crippen LogP contribution in [0.5, 0.6) is 11.5 Å². The molecular formula is C51H34N2O.